The largest absolute Gasteiger partial charge is 0.300 e. The number of benzene rings is 1. The van der Waals surface area contributed by atoms with Crippen LogP contribution in [0.15, 0.2) is 47.0 Å². The topological polar surface area (TPSA) is 76.9 Å². The van der Waals surface area contributed by atoms with Gasteiger partial charge in [-0.15, -0.1) is 22.7 Å². The molecule has 0 fully saturated rings. The smallest absolute Gasteiger partial charge is 0.263 e. The van der Waals surface area contributed by atoms with Crippen molar-refractivity contribution in [3.63, 3.8) is 0 Å². The Balaban J connectivity index is 1.82. The van der Waals surface area contributed by atoms with E-state index >= 15 is 0 Å². The number of carbonyl (C=O) groups excluding carboxylic acids is 1. The fourth-order valence-corrected chi connectivity index (χ4v) is 4.95. The van der Waals surface area contributed by atoms with Crippen LogP contribution in [0.1, 0.15) is 24.3 Å². The number of carbonyl (C=O) groups is 1. The van der Waals surface area contributed by atoms with Gasteiger partial charge < -0.3 is 5.32 Å². The average molecular weight is 445 g/mol. The molecule has 9 heteroatoms. The maximum absolute atomic E-state index is 13.4. The van der Waals surface area contributed by atoms with E-state index in [0.29, 0.717) is 26.8 Å². The standard InChI is InChI=1S/C20H17ClN4O2S2/c1-3-14(17(26)24-20-22-8-9-28-20)25-10-23-18-16(19(25)27)15(11(2)29-18)12-4-6-13(21)7-5-12/h4-10,14H,3H2,1-2H3,(H,22,24,26). The van der Waals surface area contributed by atoms with E-state index in [1.54, 1.807) is 23.7 Å². The summed E-state index contributed by atoms with van der Waals surface area (Å²) in [6.07, 6.45) is 3.53. The molecule has 3 heterocycles. The summed E-state index contributed by atoms with van der Waals surface area (Å²) in [7, 11) is 0. The zero-order valence-corrected chi connectivity index (χ0v) is 18.1. The van der Waals surface area contributed by atoms with Gasteiger partial charge in [0.25, 0.3) is 5.56 Å². The first-order valence-corrected chi connectivity index (χ1v) is 11.0. The average Bonchev–Trinajstić information content (AvgIpc) is 3.32. The van der Waals surface area contributed by atoms with Crippen molar-refractivity contribution in [2.45, 2.75) is 26.3 Å². The fraction of sp³-hybridized carbons (Fsp3) is 0.200. The number of anilines is 1. The Bertz CT molecular complexity index is 1230. The second kappa shape index (κ2) is 8.06. The van der Waals surface area contributed by atoms with Crippen molar-refractivity contribution < 1.29 is 4.79 Å². The molecule has 148 valence electrons. The highest BCUT2D eigenvalue weighted by molar-refractivity contribution is 7.19. The van der Waals surface area contributed by atoms with Gasteiger partial charge in [-0.25, -0.2) is 9.97 Å². The normalized spacial score (nSPS) is 12.2. The minimum Gasteiger partial charge on any atom is -0.300 e. The molecule has 1 unspecified atom stereocenters. The number of thiophene rings is 1. The van der Waals surface area contributed by atoms with E-state index < -0.39 is 6.04 Å². The molecule has 6 nitrogen and oxygen atoms in total. The van der Waals surface area contributed by atoms with Crippen LogP contribution in [0.2, 0.25) is 5.02 Å². The third-order valence-corrected chi connectivity index (χ3v) is 6.59. The lowest BCUT2D eigenvalue weighted by Gasteiger charge is -2.17. The number of thiazole rings is 1. The van der Waals surface area contributed by atoms with Gasteiger partial charge in [-0.3, -0.25) is 14.2 Å². The van der Waals surface area contributed by atoms with Crippen LogP contribution in [0.25, 0.3) is 21.3 Å². The molecule has 0 aliphatic carbocycles. The second-order valence-electron chi connectivity index (χ2n) is 6.43. The van der Waals surface area contributed by atoms with Crippen LogP contribution in [0.3, 0.4) is 0 Å². The van der Waals surface area contributed by atoms with Crippen molar-refractivity contribution in [2.75, 3.05) is 5.32 Å². The van der Waals surface area contributed by atoms with Gasteiger partial charge in [-0.1, -0.05) is 30.7 Å². The summed E-state index contributed by atoms with van der Waals surface area (Å²) < 4.78 is 1.41. The van der Waals surface area contributed by atoms with Gasteiger partial charge in [0, 0.05) is 27.0 Å². The summed E-state index contributed by atoms with van der Waals surface area (Å²) in [6.45, 7) is 3.83. The van der Waals surface area contributed by atoms with Crippen molar-refractivity contribution >= 4 is 55.5 Å². The van der Waals surface area contributed by atoms with Gasteiger partial charge in [-0.2, -0.15) is 0 Å². The van der Waals surface area contributed by atoms with Crippen LogP contribution < -0.4 is 10.9 Å². The monoisotopic (exact) mass is 444 g/mol. The Morgan fingerprint density at radius 2 is 2.03 bits per heavy atom. The van der Waals surface area contributed by atoms with Crippen LogP contribution in [0.4, 0.5) is 5.13 Å². The van der Waals surface area contributed by atoms with E-state index in [9.17, 15) is 9.59 Å². The maximum Gasteiger partial charge on any atom is 0.263 e. The lowest BCUT2D eigenvalue weighted by atomic mass is 10.0. The first kappa shape index (κ1) is 19.8. The number of nitrogens with zero attached hydrogens (tertiary/aromatic N) is 3. The summed E-state index contributed by atoms with van der Waals surface area (Å²) in [4.78, 5) is 36.4. The molecule has 0 aliphatic heterocycles. The van der Waals surface area contributed by atoms with Crippen molar-refractivity contribution in [2.24, 2.45) is 0 Å². The molecule has 0 bridgehead atoms. The van der Waals surface area contributed by atoms with E-state index in [-0.39, 0.29) is 11.5 Å². The Morgan fingerprint density at radius 3 is 2.69 bits per heavy atom. The van der Waals surface area contributed by atoms with Crippen LogP contribution >= 0.6 is 34.3 Å². The molecule has 4 aromatic rings. The highest BCUT2D eigenvalue weighted by Gasteiger charge is 2.24. The molecule has 1 aromatic carbocycles. The summed E-state index contributed by atoms with van der Waals surface area (Å²) in [6, 6.07) is 6.69. The van der Waals surface area contributed by atoms with E-state index in [1.807, 2.05) is 26.0 Å². The lowest BCUT2D eigenvalue weighted by Crippen LogP contribution is -2.33. The van der Waals surface area contributed by atoms with Gasteiger partial charge in [0.15, 0.2) is 5.13 Å². The van der Waals surface area contributed by atoms with Crippen LogP contribution in [0.5, 0.6) is 0 Å². The van der Waals surface area contributed by atoms with Crippen LogP contribution in [-0.4, -0.2) is 20.4 Å². The predicted octanol–water partition coefficient (Wildman–Crippen LogP) is 5.13. The van der Waals surface area contributed by atoms with E-state index in [0.717, 1.165) is 16.0 Å². The summed E-state index contributed by atoms with van der Waals surface area (Å²) in [5, 5.41) is 6.21. The summed E-state index contributed by atoms with van der Waals surface area (Å²) in [5.41, 5.74) is 1.50. The molecule has 29 heavy (non-hydrogen) atoms. The number of rotatable bonds is 5. The Kier molecular flexibility index (Phi) is 5.49. The zero-order chi connectivity index (χ0) is 20.5. The fourth-order valence-electron chi connectivity index (χ4n) is 3.28. The molecule has 1 atom stereocenters. The number of aromatic nitrogens is 3. The molecular weight excluding hydrogens is 428 g/mol. The molecule has 1 amide bonds. The number of hydrogen-bond donors (Lipinski definition) is 1. The number of hydrogen-bond acceptors (Lipinski definition) is 6. The first-order chi connectivity index (χ1) is 14.0. The SMILES string of the molecule is CCC(C(=O)Nc1nccs1)n1cnc2sc(C)c(-c3ccc(Cl)cc3)c2c1=O. The van der Waals surface area contributed by atoms with Crippen LogP contribution in [-0.2, 0) is 4.79 Å². The third kappa shape index (κ3) is 3.71. The van der Waals surface area contributed by atoms with Gasteiger partial charge in [0.05, 0.1) is 11.7 Å². The maximum atomic E-state index is 13.4. The third-order valence-electron chi connectivity index (χ3n) is 4.63. The van der Waals surface area contributed by atoms with E-state index in [1.165, 1.54) is 33.6 Å². The summed E-state index contributed by atoms with van der Waals surface area (Å²) >= 11 is 8.81. The number of fused-ring (bicyclic) bond motifs is 1. The first-order valence-electron chi connectivity index (χ1n) is 8.96. The Labute approximate surface area is 179 Å². The van der Waals surface area contributed by atoms with E-state index in [4.69, 9.17) is 11.6 Å². The number of amides is 1. The highest BCUT2D eigenvalue weighted by Crippen LogP contribution is 2.36. The van der Waals surface area contributed by atoms with Crippen molar-refractivity contribution in [3.8, 4) is 11.1 Å². The molecule has 0 aliphatic rings. The molecular formula is C20H17ClN4O2S2. The summed E-state index contributed by atoms with van der Waals surface area (Å²) in [5.74, 6) is -0.286. The number of nitrogens with one attached hydrogen (secondary N) is 1. The molecule has 0 spiro atoms. The molecule has 0 saturated heterocycles. The minimum atomic E-state index is -0.679. The quantitative estimate of drug-likeness (QED) is 0.462. The van der Waals surface area contributed by atoms with Gasteiger partial charge >= 0.3 is 0 Å². The van der Waals surface area contributed by atoms with E-state index in [2.05, 4.69) is 15.3 Å². The molecule has 3 aromatic heterocycles. The highest BCUT2D eigenvalue weighted by atomic mass is 35.5. The number of halogens is 1. The van der Waals surface area contributed by atoms with Crippen molar-refractivity contribution in [1.29, 1.82) is 0 Å². The van der Waals surface area contributed by atoms with Gasteiger partial charge in [-0.05, 0) is 31.0 Å². The Morgan fingerprint density at radius 1 is 1.28 bits per heavy atom. The van der Waals surface area contributed by atoms with Crippen molar-refractivity contribution in [3.05, 3.63) is 62.4 Å². The molecule has 4 rings (SSSR count). The van der Waals surface area contributed by atoms with Crippen LogP contribution in [0, 0.1) is 6.92 Å². The van der Waals surface area contributed by atoms with Gasteiger partial charge in [0.2, 0.25) is 5.91 Å². The molecule has 0 radical (unpaired) electrons. The van der Waals surface area contributed by atoms with Gasteiger partial charge in [0.1, 0.15) is 10.9 Å². The second-order valence-corrected chi connectivity index (χ2v) is 8.96. The zero-order valence-electron chi connectivity index (χ0n) is 15.7. The molecule has 1 N–H and O–H groups in total. The Hall–Kier alpha value is -2.55. The number of aryl methyl sites for hydroxylation is 1. The minimum absolute atomic E-state index is 0.231. The predicted molar refractivity (Wildman–Crippen MR) is 119 cm³/mol. The van der Waals surface area contributed by atoms with Crippen molar-refractivity contribution in [1.82, 2.24) is 14.5 Å². The molecule has 0 saturated carbocycles. The lowest BCUT2D eigenvalue weighted by molar-refractivity contribution is -0.119.